The van der Waals surface area contributed by atoms with Crippen LogP contribution in [0, 0.1) is 0 Å². The van der Waals surface area contributed by atoms with Crippen molar-refractivity contribution in [1.29, 1.82) is 0 Å². The molecule has 1 heterocycles. The highest BCUT2D eigenvalue weighted by Crippen LogP contribution is 2.20. The van der Waals surface area contributed by atoms with Crippen LogP contribution in [-0.2, 0) is 9.53 Å². The number of anilines is 1. The zero-order valence-corrected chi connectivity index (χ0v) is 14.0. The van der Waals surface area contributed by atoms with Gasteiger partial charge in [-0.2, -0.15) is 0 Å². The molecule has 1 unspecified atom stereocenters. The Labute approximate surface area is 141 Å². The number of pyridine rings is 1. The van der Waals surface area contributed by atoms with E-state index >= 15 is 0 Å². The molecule has 6 heteroatoms. The Hall–Kier alpha value is -2.73. The van der Waals surface area contributed by atoms with E-state index in [2.05, 4.69) is 10.3 Å². The van der Waals surface area contributed by atoms with Crippen LogP contribution in [0.3, 0.4) is 0 Å². The second-order valence-electron chi connectivity index (χ2n) is 5.44. The SMILES string of the molecule is CCOC(=O)c1ccc(NC(=O)C(c2cccnc2)N(C)C)cc1. The monoisotopic (exact) mass is 327 g/mol. The summed E-state index contributed by atoms with van der Waals surface area (Å²) in [4.78, 5) is 30.1. The number of rotatable bonds is 6. The van der Waals surface area contributed by atoms with Gasteiger partial charge in [0.1, 0.15) is 6.04 Å². The lowest BCUT2D eigenvalue weighted by Crippen LogP contribution is -2.32. The quantitative estimate of drug-likeness (QED) is 0.825. The van der Waals surface area contributed by atoms with Crippen molar-refractivity contribution in [3.8, 4) is 0 Å². The lowest BCUT2D eigenvalue weighted by atomic mass is 10.1. The second-order valence-corrected chi connectivity index (χ2v) is 5.44. The lowest BCUT2D eigenvalue weighted by molar-refractivity contribution is -0.120. The highest BCUT2D eigenvalue weighted by Gasteiger charge is 2.23. The predicted molar refractivity (Wildman–Crippen MR) is 91.7 cm³/mol. The van der Waals surface area contributed by atoms with Crippen molar-refractivity contribution in [2.75, 3.05) is 26.0 Å². The molecule has 1 N–H and O–H groups in total. The molecule has 0 aliphatic heterocycles. The van der Waals surface area contributed by atoms with Crippen LogP contribution >= 0.6 is 0 Å². The number of carbonyl (C=O) groups excluding carboxylic acids is 2. The van der Waals surface area contributed by atoms with Crippen LogP contribution < -0.4 is 5.32 Å². The summed E-state index contributed by atoms with van der Waals surface area (Å²) in [5, 5.41) is 2.86. The van der Waals surface area contributed by atoms with Gasteiger partial charge in [-0.3, -0.25) is 14.7 Å². The first-order valence-corrected chi connectivity index (χ1v) is 7.67. The molecule has 2 rings (SSSR count). The Morgan fingerprint density at radius 2 is 1.92 bits per heavy atom. The zero-order valence-electron chi connectivity index (χ0n) is 14.0. The third-order valence-electron chi connectivity index (χ3n) is 3.43. The van der Waals surface area contributed by atoms with Crippen molar-refractivity contribution >= 4 is 17.6 Å². The van der Waals surface area contributed by atoms with Crippen molar-refractivity contribution < 1.29 is 14.3 Å². The van der Waals surface area contributed by atoms with Crippen molar-refractivity contribution in [3.05, 3.63) is 59.9 Å². The van der Waals surface area contributed by atoms with Crippen LogP contribution in [0.5, 0.6) is 0 Å². The Morgan fingerprint density at radius 1 is 1.21 bits per heavy atom. The maximum absolute atomic E-state index is 12.6. The van der Waals surface area contributed by atoms with Gasteiger partial charge in [0.25, 0.3) is 0 Å². The highest BCUT2D eigenvalue weighted by atomic mass is 16.5. The molecule has 0 bridgehead atoms. The molecule has 2 aromatic rings. The van der Waals surface area contributed by atoms with E-state index in [0.717, 1.165) is 5.56 Å². The second kappa shape index (κ2) is 8.21. The molecule has 0 aliphatic rings. The van der Waals surface area contributed by atoms with Gasteiger partial charge >= 0.3 is 5.97 Å². The first-order chi connectivity index (χ1) is 11.5. The molecule has 1 amide bonds. The van der Waals surface area contributed by atoms with Crippen molar-refractivity contribution in [2.24, 2.45) is 0 Å². The number of hydrogen-bond acceptors (Lipinski definition) is 5. The first-order valence-electron chi connectivity index (χ1n) is 7.67. The van der Waals surface area contributed by atoms with Crippen LogP contribution in [-0.4, -0.2) is 42.5 Å². The fourth-order valence-corrected chi connectivity index (χ4v) is 2.34. The van der Waals surface area contributed by atoms with E-state index in [4.69, 9.17) is 4.74 Å². The van der Waals surface area contributed by atoms with E-state index in [1.807, 2.05) is 25.1 Å². The number of amides is 1. The molecule has 1 atom stereocenters. The molecule has 0 saturated carbocycles. The van der Waals surface area contributed by atoms with Gasteiger partial charge in [0.05, 0.1) is 12.2 Å². The zero-order chi connectivity index (χ0) is 17.5. The summed E-state index contributed by atoms with van der Waals surface area (Å²) >= 11 is 0. The molecular weight excluding hydrogens is 306 g/mol. The molecule has 0 saturated heterocycles. The number of likely N-dealkylation sites (N-methyl/N-ethyl adjacent to an activating group) is 1. The fourth-order valence-electron chi connectivity index (χ4n) is 2.34. The Kier molecular flexibility index (Phi) is 6.03. The van der Waals surface area contributed by atoms with Crippen molar-refractivity contribution in [2.45, 2.75) is 13.0 Å². The molecule has 0 radical (unpaired) electrons. The number of aromatic nitrogens is 1. The Balaban J connectivity index is 2.11. The summed E-state index contributed by atoms with van der Waals surface area (Å²) in [5.74, 6) is -0.547. The standard InChI is InChI=1S/C18H21N3O3/c1-4-24-18(23)13-7-9-15(10-8-13)20-17(22)16(21(2)3)14-6-5-11-19-12-14/h5-12,16H,4H2,1-3H3,(H,20,22). The van der Waals surface area contributed by atoms with Crippen molar-refractivity contribution in [1.82, 2.24) is 9.88 Å². The molecule has 1 aromatic heterocycles. The van der Waals surface area contributed by atoms with Crippen LogP contribution in [0.15, 0.2) is 48.8 Å². The topological polar surface area (TPSA) is 71.5 Å². The summed E-state index contributed by atoms with van der Waals surface area (Å²) < 4.78 is 4.94. The van der Waals surface area contributed by atoms with E-state index < -0.39 is 6.04 Å². The Morgan fingerprint density at radius 3 is 2.46 bits per heavy atom. The van der Waals surface area contributed by atoms with Gasteiger partial charge in [0.15, 0.2) is 0 Å². The average molecular weight is 327 g/mol. The number of nitrogens with zero attached hydrogens (tertiary/aromatic N) is 2. The van der Waals surface area contributed by atoms with Crippen LogP contribution in [0.4, 0.5) is 5.69 Å². The number of esters is 1. The van der Waals surface area contributed by atoms with E-state index in [0.29, 0.717) is 17.9 Å². The molecule has 0 spiro atoms. The minimum Gasteiger partial charge on any atom is -0.462 e. The van der Waals surface area contributed by atoms with E-state index in [9.17, 15) is 9.59 Å². The van der Waals surface area contributed by atoms with E-state index in [1.54, 1.807) is 49.6 Å². The molecule has 126 valence electrons. The molecule has 0 aliphatic carbocycles. The van der Waals surface area contributed by atoms with Crippen LogP contribution in [0.2, 0.25) is 0 Å². The third kappa shape index (κ3) is 4.39. The van der Waals surface area contributed by atoms with E-state index in [-0.39, 0.29) is 11.9 Å². The molecule has 1 aromatic carbocycles. The fraction of sp³-hybridized carbons (Fsp3) is 0.278. The number of carbonyl (C=O) groups is 2. The van der Waals surface area contributed by atoms with Crippen LogP contribution in [0.1, 0.15) is 28.9 Å². The number of hydrogen-bond donors (Lipinski definition) is 1. The van der Waals surface area contributed by atoms with Crippen molar-refractivity contribution in [3.63, 3.8) is 0 Å². The smallest absolute Gasteiger partial charge is 0.338 e. The lowest BCUT2D eigenvalue weighted by Gasteiger charge is -2.23. The summed E-state index contributed by atoms with van der Waals surface area (Å²) in [5.41, 5.74) is 1.87. The van der Waals surface area contributed by atoms with Gasteiger partial charge in [-0.1, -0.05) is 6.07 Å². The minimum absolute atomic E-state index is 0.170. The number of ether oxygens (including phenoxy) is 1. The number of nitrogens with one attached hydrogen (secondary N) is 1. The van der Waals surface area contributed by atoms with Gasteiger partial charge in [-0.05, 0) is 56.9 Å². The van der Waals surface area contributed by atoms with Gasteiger partial charge in [0.2, 0.25) is 5.91 Å². The van der Waals surface area contributed by atoms with Gasteiger partial charge < -0.3 is 10.1 Å². The summed E-state index contributed by atoms with van der Waals surface area (Å²) in [6, 6.07) is 9.82. The predicted octanol–water partition coefficient (Wildman–Crippen LogP) is 2.50. The number of benzene rings is 1. The molecule has 0 fully saturated rings. The van der Waals surface area contributed by atoms with Crippen LogP contribution in [0.25, 0.3) is 0 Å². The average Bonchev–Trinajstić information content (AvgIpc) is 2.56. The Bertz CT molecular complexity index is 684. The summed E-state index contributed by atoms with van der Waals surface area (Å²) in [6.45, 7) is 2.08. The largest absolute Gasteiger partial charge is 0.462 e. The summed E-state index contributed by atoms with van der Waals surface area (Å²) in [6.07, 6.45) is 3.34. The third-order valence-corrected chi connectivity index (χ3v) is 3.43. The summed E-state index contributed by atoms with van der Waals surface area (Å²) in [7, 11) is 3.67. The minimum atomic E-state index is -0.455. The van der Waals surface area contributed by atoms with E-state index in [1.165, 1.54) is 0 Å². The maximum Gasteiger partial charge on any atom is 0.338 e. The molecule has 24 heavy (non-hydrogen) atoms. The molecule has 6 nitrogen and oxygen atoms in total. The van der Waals surface area contributed by atoms with Gasteiger partial charge in [-0.15, -0.1) is 0 Å². The normalized spacial score (nSPS) is 11.8. The van der Waals surface area contributed by atoms with Gasteiger partial charge in [-0.25, -0.2) is 4.79 Å². The van der Waals surface area contributed by atoms with Gasteiger partial charge in [0, 0.05) is 18.1 Å². The molecular formula is C18H21N3O3. The maximum atomic E-state index is 12.6. The highest BCUT2D eigenvalue weighted by molar-refractivity contribution is 5.96. The first kappa shape index (κ1) is 17.6.